The molecule has 1 aliphatic heterocycles. The number of amides is 1. The number of carbonyl (C=O) groups is 1. The normalized spacial score (nSPS) is 33.7. The Morgan fingerprint density at radius 1 is 1.31 bits per heavy atom. The lowest BCUT2D eigenvalue weighted by molar-refractivity contribution is -0.131. The van der Waals surface area contributed by atoms with E-state index in [1.54, 1.807) is 11.3 Å². The number of anilines is 1. The lowest BCUT2D eigenvalue weighted by Crippen LogP contribution is -2.43. The number of nitrogens with zero attached hydrogens (tertiary/aromatic N) is 2. The molecule has 1 saturated heterocycles. The average molecular weight is 461 g/mol. The zero-order chi connectivity index (χ0) is 22.7. The number of aliphatic hydroxyl groups is 1. The zero-order valence-corrected chi connectivity index (χ0v) is 20.1. The Labute approximate surface area is 194 Å². The van der Waals surface area contributed by atoms with Crippen LogP contribution in [0.1, 0.15) is 74.3 Å². The first-order valence-electron chi connectivity index (χ1n) is 12.1. The van der Waals surface area contributed by atoms with Crippen LogP contribution in [0, 0.1) is 5.41 Å². The molecule has 1 amide bonds. The summed E-state index contributed by atoms with van der Waals surface area (Å²) in [5.41, 5.74) is 7.22. The van der Waals surface area contributed by atoms with Crippen molar-refractivity contribution in [3.05, 3.63) is 16.0 Å². The van der Waals surface area contributed by atoms with Gasteiger partial charge in [-0.05, 0) is 77.3 Å². The molecule has 5 rings (SSSR count). The van der Waals surface area contributed by atoms with Crippen molar-refractivity contribution in [3.8, 4) is 0 Å². The number of rotatable bonds is 5. The van der Waals surface area contributed by atoms with Crippen LogP contribution in [-0.2, 0) is 21.4 Å². The summed E-state index contributed by atoms with van der Waals surface area (Å²) in [6.07, 6.45) is 8.58. The standard InChI is InChI=1S/C24H36N4O3S/c1-23(30)14-24(23)10-9-17-20(24)19(22(26)32-17)21(25)31-16-7-5-15(6-8-16)27(2)13-18(29)28-11-3-4-12-28/h15-16,25,30H,3-14,26H2,1-2H3/t15?,16?,23-,24?/m1/s1. The zero-order valence-electron chi connectivity index (χ0n) is 19.3. The van der Waals surface area contributed by atoms with Gasteiger partial charge in [0.05, 0.1) is 22.7 Å². The Morgan fingerprint density at radius 3 is 2.59 bits per heavy atom. The minimum Gasteiger partial charge on any atom is -0.474 e. The van der Waals surface area contributed by atoms with Crippen LogP contribution in [0.5, 0.6) is 0 Å². The van der Waals surface area contributed by atoms with Crippen LogP contribution in [0.2, 0.25) is 0 Å². The first kappa shape index (κ1) is 22.2. The van der Waals surface area contributed by atoms with E-state index in [-0.39, 0.29) is 23.3 Å². The molecule has 32 heavy (non-hydrogen) atoms. The third kappa shape index (κ3) is 3.64. The maximum Gasteiger partial charge on any atom is 0.236 e. The van der Waals surface area contributed by atoms with Gasteiger partial charge in [-0.15, -0.1) is 11.3 Å². The predicted octanol–water partition coefficient (Wildman–Crippen LogP) is 2.88. The van der Waals surface area contributed by atoms with E-state index in [9.17, 15) is 9.90 Å². The van der Waals surface area contributed by atoms with Crippen molar-refractivity contribution in [1.82, 2.24) is 9.80 Å². The van der Waals surface area contributed by atoms with Gasteiger partial charge < -0.3 is 20.5 Å². The van der Waals surface area contributed by atoms with Crippen LogP contribution in [0.4, 0.5) is 5.00 Å². The second-order valence-electron chi connectivity index (χ2n) is 10.6. The van der Waals surface area contributed by atoms with Crippen LogP contribution in [0.25, 0.3) is 0 Å². The van der Waals surface area contributed by atoms with Gasteiger partial charge in [-0.3, -0.25) is 15.1 Å². The third-order valence-electron chi connectivity index (χ3n) is 8.44. The lowest BCUT2D eigenvalue weighted by atomic mass is 9.91. The van der Waals surface area contributed by atoms with Crippen molar-refractivity contribution in [2.45, 2.75) is 87.9 Å². The molecule has 1 unspecified atom stereocenters. The van der Waals surface area contributed by atoms with Gasteiger partial charge >= 0.3 is 0 Å². The van der Waals surface area contributed by atoms with E-state index < -0.39 is 5.60 Å². The van der Waals surface area contributed by atoms with Crippen molar-refractivity contribution < 1.29 is 14.6 Å². The fourth-order valence-electron chi connectivity index (χ4n) is 6.35. The molecule has 1 aromatic heterocycles. The second-order valence-corrected chi connectivity index (χ2v) is 11.7. The minimum absolute atomic E-state index is 0.00782. The molecule has 4 aliphatic rings. The van der Waals surface area contributed by atoms with E-state index in [0.29, 0.717) is 17.6 Å². The number of hydrogen-bond acceptors (Lipinski definition) is 7. The number of thiophene rings is 1. The van der Waals surface area contributed by atoms with Crippen molar-refractivity contribution in [2.24, 2.45) is 0 Å². The smallest absolute Gasteiger partial charge is 0.236 e. The van der Waals surface area contributed by atoms with Crippen molar-refractivity contribution in [1.29, 1.82) is 5.41 Å². The van der Waals surface area contributed by atoms with Crippen molar-refractivity contribution in [2.75, 3.05) is 32.4 Å². The van der Waals surface area contributed by atoms with Crippen LogP contribution < -0.4 is 5.73 Å². The minimum atomic E-state index is -0.698. The molecule has 2 atom stereocenters. The highest BCUT2D eigenvalue weighted by Crippen LogP contribution is 2.66. The van der Waals surface area contributed by atoms with Gasteiger partial charge in [0.1, 0.15) is 6.10 Å². The molecule has 8 heteroatoms. The Balaban J connectivity index is 1.17. The van der Waals surface area contributed by atoms with Gasteiger partial charge in [-0.2, -0.15) is 0 Å². The first-order valence-corrected chi connectivity index (χ1v) is 12.9. The molecule has 0 radical (unpaired) electrons. The summed E-state index contributed by atoms with van der Waals surface area (Å²) in [5.74, 6) is 0.418. The van der Waals surface area contributed by atoms with E-state index in [0.717, 1.165) is 82.0 Å². The van der Waals surface area contributed by atoms with E-state index in [1.165, 1.54) is 4.88 Å². The number of nitrogen functional groups attached to an aromatic ring is 1. The van der Waals surface area contributed by atoms with Crippen LogP contribution in [0.3, 0.4) is 0 Å². The Kier molecular flexibility index (Phi) is 5.54. The summed E-state index contributed by atoms with van der Waals surface area (Å²) in [7, 11) is 2.05. The quantitative estimate of drug-likeness (QED) is 0.463. The highest BCUT2D eigenvalue weighted by molar-refractivity contribution is 7.16. The molecule has 4 N–H and O–H groups in total. The Bertz CT molecular complexity index is 915. The molecule has 176 valence electrons. The third-order valence-corrected chi connectivity index (χ3v) is 9.52. The number of carbonyl (C=O) groups excluding carboxylic acids is 1. The fraction of sp³-hybridized carbons (Fsp3) is 0.750. The largest absolute Gasteiger partial charge is 0.474 e. The van der Waals surface area contributed by atoms with Crippen LogP contribution in [-0.4, -0.2) is 71.1 Å². The van der Waals surface area contributed by atoms with Crippen LogP contribution in [0.15, 0.2) is 0 Å². The van der Waals surface area contributed by atoms with Gasteiger partial charge in [-0.25, -0.2) is 0 Å². The van der Waals surface area contributed by atoms with E-state index >= 15 is 0 Å². The molecule has 7 nitrogen and oxygen atoms in total. The Morgan fingerprint density at radius 2 is 1.97 bits per heavy atom. The van der Waals surface area contributed by atoms with Gasteiger partial charge in [0.15, 0.2) is 0 Å². The number of nitrogens with two attached hydrogens (primary N) is 1. The number of ether oxygens (including phenoxy) is 1. The highest BCUT2D eigenvalue weighted by atomic mass is 32.1. The van der Waals surface area contributed by atoms with E-state index in [1.807, 2.05) is 11.8 Å². The summed E-state index contributed by atoms with van der Waals surface area (Å²) in [4.78, 5) is 17.9. The lowest BCUT2D eigenvalue weighted by Gasteiger charge is -2.35. The molecule has 3 aliphatic carbocycles. The summed E-state index contributed by atoms with van der Waals surface area (Å²) in [6, 6.07) is 0.385. The second kappa shape index (κ2) is 7.99. The molecule has 3 fully saturated rings. The van der Waals surface area contributed by atoms with Crippen molar-refractivity contribution in [3.63, 3.8) is 0 Å². The number of fused-ring (bicyclic) bond motifs is 2. The van der Waals surface area contributed by atoms with Crippen LogP contribution >= 0.6 is 11.3 Å². The molecule has 2 saturated carbocycles. The highest BCUT2D eigenvalue weighted by Gasteiger charge is 2.68. The summed E-state index contributed by atoms with van der Waals surface area (Å²) >= 11 is 1.56. The molecule has 0 aromatic carbocycles. The van der Waals surface area contributed by atoms with E-state index in [2.05, 4.69) is 11.9 Å². The molecule has 1 aromatic rings. The van der Waals surface area contributed by atoms with Gasteiger partial charge in [-0.1, -0.05) is 0 Å². The molecular formula is C24H36N4O3S. The average Bonchev–Trinajstić information content (AvgIpc) is 3.23. The molecule has 0 bridgehead atoms. The summed E-state index contributed by atoms with van der Waals surface area (Å²) < 4.78 is 6.16. The number of likely N-dealkylation sites (tertiary alicyclic amines) is 1. The predicted molar refractivity (Wildman–Crippen MR) is 126 cm³/mol. The van der Waals surface area contributed by atoms with Gasteiger partial charge in [0, 0.05) is 29.4 Å². The summed E-state index contributed by atoms with van der Waals surface area (Å²) in [5, 5.41) is 20.1. The van der Waals surface area contributed by atoms with Crippen molar-refractivity contribution >= 4 is 28.1 Å². The number of likely N-dealkylation sites (N-methyl/N-ethyl adjacent to an activating group) is 1. The maximum atomic E-state index is 12.5. The SMILES string of the molecule is CN(CC(=O)N1CCCC1)C1CCC(OC(=N)c2c(N)sc3c2C2(CC3)C[C@@]2(C)O)CC1. The maximum absolute atomic E-state index is 12.5. The Hall–Kier alpha value is -1.64. The van der Waals surface area contributed by atoms with Gasteiger partial charge in [0.2, 0.25) is 11.8 Å². The first-order chi connectivity index (χ1) is 15.2. The topological polar surface area (TPSA) is 103 Å². The molecule has 1 spiro atoms. The number of nitrogens with one attached hydrogen (secondary N) is 1. The van der Waals surface area contributed by atoms with Gasteiger partial charge in [0.25, 0.3) is 0 Å². The molecular weight excluding hydrogens is 424 g/mol. The number of hydrogen-bond donors (Lipinski definition) is 3. The fourth-order valence-corrected chi connectivity index (χ4v) is 7.52. The number of aryl methyl sites for hydroxylation is 1. The molecule has 2 heterocycles. The summed E-state index contributed by atoms with van der Waals surface area (Å²) in [6.45, 7) is 4.20. The van der Waals surface area contributed by atoms with E-state index in [4.69, 9.17) is 15.9 Å². The monoisotopic (exact) mass is 460 g/mol.